The van der Waals surface area contributed by atoms with E-state index in [1.807, 2.05) is 30.3 Å². The molecule has 0 bridgehead atoms. The highest BCUT2D eigenvalue weighted by molar-refractivity contribution is 6.01. The Hall–Kier alpha value is -2.10. The normalized spacial score (nSPS) is 18.1. The molecule has 21 heavy (non-hydrogen) atoms. The van der Waals surface area contributed by atoms with Crippen molar-refractivity contribution in [3.05, 3.63) is 48.0 Å². The molecule has 0 N–H and O–H groups in total. The molecule has 0 aromatic heterocycles. The van der Waals surface area contributed by atoms with E-state index < -0.39 is 11.7 Å². The molecule has 1 aliphatic rings. The van der Waals surface area contributed by atoms with Crippen molar-refractivity contribution < 1.29 is 14.3 Å². The first-order valence-electron chi connectivity index (χ1n) is 7.15. The summed E-state index contributed by atoms with van der Waals surface area (Å²) in [5.41, 5.74) is 0.582. The van der Waals surface area contributed by atoms with Crippen LogP contribution < -0.4 is 0 Å². The van der Waals surface area contributed by atoms with Crippen LogP contribution in [0.25, 0.3) is 0 Å². The molecule has 0 spiro atoms. The van der Waals surface area contributed by atoms with Crippen LogP contribution in [-0.2, 0) is 16.0 Å². The minimum atomic E-state index is -0.607. The summed E-state index contributed by atoms with van der Waals surface area (Å²) >= 11 is 0. The van der Waals surface area contributed by atoms with Gasteiger partial charge in [-0.3, -0.25) is 4.79 Å². The van der Waals surface area contributed by atoms with E-state index in [1.54, 1.807) is 26.8 Å². The summed E-state index contributed by atoms with van der Waals surface area (Å²) in [4.78, 5) is 25.2. The zero-order valence-electron chi connectivity index (χ0n) is 12.7. The van der Waals surface area contributed by atoms with Gasteiger partial charge >= 0.3 is 6.09 Å². The first-order valence-corrected chi connectivity index (χ1v) is 7.15. The molecular formula is C17H21NO3. The predicted molar refractivity (Wildman–Crippen MR) is 80.8 cm³/mol. The molecule has 1 atom stereocenters. The summed E-state index contributed by atoms with van der Waals surface area (Å²) in [6.07, 6.45) is 4.15. The fourth-order valence-corrected chi connectivity index (χ4v) is 2.24. The van der Waals surface area contributed by atoms with E-state index in [0.29, 0.717) is 6.42 Å². The van der Waals surface area contributed by atoms with Crippen molar-refractivity contribution in [3.63, 3.8) is 0 Å². The van der Waals surface area contributed by atoms with E-state index in [2.05, 4.69) is 0 Å². The van der Waals surface area contributed by atoms with Crippen molar-refractivity contribution in [2.75, 3.05) is 0 Å². The van der Waals surface area contributed by atoms with Crippen molar-refractivity contribution in [1.29, 1.82) is 0 Å². The molecule has 1 aromatic rings. The van der Waals surface area contributed by atoms with E-state index in [9.17, 15) is 9.59 Å². The van der Waals surface area contributed by atoms with Crippen molar-refractivity contribution in [1.82, 2.24) is 4.90 Å². The first kappa shape index (κ1) is 15.3. The van der Waals surface area contributed by atoms with Crippen LogP contribution in [0, 0.1) is 0 Å². The second kappa shape index (κ2) is 6.12. The van der Waals surface area contributed by atoms with Crippen LogP contribution in [0.15, 0.2) is 42.5 Å². The molecule has 1 aliphatic heterocycles. The molecule has 0 fully saturated rings. The summed E-state index contributed by atoms with van der Waals surface area (Å²) in [6.45, 7) is 5.37. The van der Waals surface area contributed by atoms with Gasteiger partial charge in [0.1, 0.15) is 5.60 Å². The van der Waals surface area contributed by atoms with Crippen molar-refractivity contribution in [2.24, 2.45) is 0 Å². The maximum absolute atomic E-state index is 12.1. The fourth-order valence-electron chi connectivity index (χ4n) is 2.24. The number of nitrogens with zero attached hydrogens (tertiary/aromatic N) is 1. The molecule has 112 valence electrons. The van der Waals surface area contributed by atoms with Crippen molar-refractivity contribution in [3.8, 4) is 0 Å². The summed E-state index contributed by atoms with van der Waals surface area (Å²) in [5, 5.41) is 0. The zero-order valence-corrected chi connectivity index (χ0v) is 12.7. The molecule has 1 heterocycles. The van der Waals surface area contributed by atoms with E-state index in [4.69, 9.17) is 4.74 Å². The van der Waals surface area contributed by atoms with Gasteiger partial charge in [0.25, 0.3) is 5.91 Å². The minimum Gasteiger partial charge on any atom is -0.443 e. The Morgan fingerprint density at radius 3 is 2.52 bits per heavy atom. The van der Waals surface area contributed by atoms with Crippen LogP contribution in [0.1, 0.15) is 32.8 Å². The average Bonchev–Trinajstić information content (AvgIpc) is 2.77. The van der Waals surface area contributed by atoms with Gasteiger partial charge in [0.2, 0.25) is 0 Å². The lowest BCUT2D eigenvalue weighted by atomic mass is 10.1. The molecule has 4 heteroatoms. The lowest BCUT2D eigenvalue weighted by Crippen LogP contribution is -2.42. The Balaban J connectivity index is 1.99. The third-order valence-electron chi connectivity index (χ3n) is 3.19. The van der Waals surface area contributed by atoms with E-state index in [-0.39, 0.29) is 11.9 Å². The van der Waals surface area contributed by atoms with E-state index in [1.165, 1.54) is 16.5 Å². The van der Waals surface area contributed by atoms with Gasteiger partial charge in [0.15, 0.2) is 0 Å². The number of ether oxygens (including phenoxy) is 1. The fraction of sp³-hybridized carbons (Fsp3) is 0.412. The number of amides is 2. The number of hydrogen-bond acceptors (Lipinski definition) is 3. The third-order valence-corrected chi connectivity index (χ3v) is 3.19. The number of aryl methyl sites for hydroxylation is 1. The highest BCUT2D eigenvalue weighted by Crippen LogP contribution is 2.20. The summed E-state index contributed by atoms with van der Waals surface area (Å²) in [5.74, 6) is -0.303. The van der Waals surface area contributed by atoms with Crippen LogP contribution in [-0.4, -0.2) is 28.5 Å². The molecule has 2 rings (SSSR count). The SMILES string of the molecule is CC(C)(C)OC(=O)N1C(=O)C=CC1CCc1ccccc1. The molecule has 2 amide bonds. The Bertz CT molecular complexity index is 543. The molecule has 4 nitrogen and oxygen atoms in total. The molecule has 0 radical (unpaired) electrons. The van der Waals surface area contributed by atoms with Gasteiger partial charge in [-0.25, -0.2) is 9.69 Å². The van der Waals surface area contributed by atoms with Crippen LogP contribution >= 0.6 is 0 Å². The van der Waals surface area contributed by atoms with Gasteiger partial charge < -0.3 is 4.74 Å². The van der Waals surface area contributed by atoms with Gasteiger partial charge in [0.05, 0.1) is 6.04 Å². The molecule has 1 unspecified atom stereocenters. The predicted octanol–water partition coefficient (Wildman–Crippen LogP) is 3.32. The van der Waals surface area contributed by atoms with Crippen LogP contribution in [0.5, 0.6) is 0 Å². The second-order valence-corrected chi connectivity index (χ2v) is 6.14. The molecule has 0 aliphatic carbocycles. The Kier molecular flexibility index (Phi) is 4.46. The Morgan fingerprint density at radius 2 is 1.90 bits per heavy atom. The third kappa shape index (κ3) is 4.18. The number of carbonyl (C=O) groups is 2. The summed E-state index contributed by atoms with van der Waals surface area (Å²) < 4.78 is 5.30. The molecule has 0 saturated heterocycles. The minimum absolute atomic E-state index is 0.229. The average molecular weight is 287 g/mol. The Labute approximate surface area is 125 Å². The Morgan fingerprint density at radius 1 is 1.24 bits per heavy atom. The molecule has 1 aromatic carbocycles. The standard InChI is InChI=1S/C17H21NO3/c1-17(2,3)21-16(20)18-14(11-12-15(18)19)10-9-13-7-5-4-6-8-13/h4-8,11-12,14H,9-10H2,1-3H3. The van der Waals surface area contributed by atoms with Gasteiger partial charge in [-0.05, 0) is 39.2 Å². The second-order valence-electron chi connectivity index (χ2n) is 6.14. The molecule has 0 saturated carbocycles. The maximum Gasteiger partial charge on any atom is 0.417 e. The van der Waals surface area contributed by atoms with Crippen LogP contribution in [0.2, 0.25) is 0 Å². The van der Waals surface area contributed by atoms with Gasteiger partial charge in [-0.1, -0.05) is 36.4 Å². The largest absolute Gasteiger partial charge is 0.443 e. The monoisotopic (exact) mass is 287 g/mol. The van der Waals surface area contributed by atoms with Crippen LogP contribution in [0.4, 0.5) is 4.79 Å². The highest BCUT2D eigenvalue weighted by Gasteiger charge is 2.34. The summed E-state index contributed by atoms with van der Waals surface area (Å²) in [7, 11) is 0. The quantitative estimate of drug-likeness (QED) is 0.856. The van der Waals surface area contributed by atoms with Crippen LogP contribution in [0.3, 0.4) is 0 Å². The maximum atomic E-state index is 12.1. The van der Waals surface area contributed by atoms with Gasteiger partial charge in [-0.15, -0.1) is 0 Å². The highest BCUT2D eigenvalue weighted by atomic mass is 16.6. The number of benzene rings is 1. The van der Waals surface area contributed by atoms with Crippen molar-refractivity contribution >= 4 is 12.0 Å². The van der Waals surface area contributed by atoms with Gasteiger partial charge in [-0.2, -0.15) is 0 Å². The topological polar surface area (TPSA) is 46.6 Å². The summed E-state index contributed by atoms with van der Waals surface area (Å²) in [6, 6.07) is 9.78. The smallest absolute Gasteiger partial charge is 0.417 e. The van der Waals surface area contributed by atoms with E-state index in [0.717, 1.165) is 6.42 Å². The lowest BCUT2D eigenvalue weighted by Gasteiger charge is -2.27. The first-order chi connectivity index (χ1) is 9.87. The number of carbonyl (C=O) groups excluding carboxylic acids is 2. The number of hydrogen-bond donors (Lipinski definition) is 0. The number of imide groups is 1. The number of rotatable bonds is 3. The van der Waals surface area contributed by atoms with Crippen molar-refractivity contribution in [2.45, 2.75) is 45.3 Å². The zero-order chi connectivity index (χ0) is 15.5. The molecular weight excluding hydrogens is 266 g/mol. The van der Waals surface area contributed by atoms with E-state index >= 15 is 0 Å². The lowest BCUT2D eigenvalue weighted by molar-refractivity contribution is -0.125. The van der Waals surface area contributed by atoms with Gasteiger partial charge in [0, 0.05) is 6.08 Å².